The highest BCUT2D eigenvalue weighted by Crippen LogP contribution is 2.30. The predicted octanol–water partition coefficient (Wildman–Crippen LogP) is 7.61. The number of benzene rings is 4. The van der Waals surface area contributed by atoms with Gasteiger partial charge in [0.25, 0.3) is 5.91 Å². The average Bonchev–Trinajstić information content (AvgIpc) is 2.80. The van der Waals surface area contributed by atoms with Crippen LogP contribution in [0.3, 0.4) is 0 Å². The van der Waals surface area contributed by atoms with Crippen LogP contribution >= 0.6 is 23.2 Å². The standard InChI is InChI=1S/C26H16Cl2N2O/c27-22-12-10-18(14-23(22)28)25-15-21(20-7-3-4-8-24(20)30-25)26(31)29-19-11-9-16-5-1-2-6-17(16)13-19/h1-15H,(H,29,31). The number of fused-ring (bicyclic) bond motifs is 2. The quantitative estimate of drug-likeness (QED) is 0.312. The van der Waals surface area contributed by atoms with Gasteiger partial charge in [-0.05, 0) is 47.2 Å². The van der Waals surface area contributed by atoms with E-state index in [1.165, 1.54) is 0 Å². The van der Waals surface area contributed by atoms with Gasteiger partial charge in [0.15, 0.2) is 0 Å². The van der Waals surface area contributed by atoms with Crippen LogP contribution in [0.25, 0.3) is 32.9 Å². The summed E-state index contributed by atoms with van der Waals surface area (Å²) in [5.74, 6) is -0.199. The molecule has 0 fully saturated rings. The number of hydrogen-bond donors (Lipinski definition) is 1. The van der Waals surface area contributed by atoms with Gasteiger partial charge in [-0.25, -0.2) is 4.98 Å². The molecule has 3 nitrogen and oxygen atoms in total. The van der Waals surface area contributed by atoms with E-state index in [9.17, 15) is 4.79 Å². The number of carbonyl (C=O) groups excluding carboxylic acids is 1. The number of pyridine rings is 1. The van der Waals surface area contributed by atoms with Gasteiger partial charge in [-0.2, -0.15) is 0 Å². The zero-order valence-corrected chi connectivity index (χ0v) is 17.8. The second-order valence-corrected chi connectivity index (χ2v) is 8.03. The fraction of sp³-hybridized carbons (Fsp3) is 0. The van der Waals surface area contributed by atoms with Gasteiger partial charge in [0.05, 0.1) is 26.8 Å². The number of para-hydroxylation sites is 1. The third-order valence-electron chi connectivity index (χ3n) is 5.18. The minimum Gasteiger partial charge on any atom is -0.322 e. The fourth-order valence-corrected chi connectivity index (χ4v) is 3.93. The zero-order chi connectivity index (χ0) is 21.4. The highest BCUT2D eigenvalue weighted by molar-refractivity contribution is 6.42. The van der Waals surface area contributed by atoms with E-state index in [0.29, 0.717) is 21.3 Å². The maximum absolute atomic E-state index is 13.3. The summed E-state index contributed by atoms with van der Waals surface area (Å²) in [6, 6.07) is 28.6. The molecule has 0 bridgehead atoms. The van der Waals surface area contributed by atoms with Crippen LogP contribution in [0, 0.1) is 0 Å². The number of halogens is 2. The molecule has 4 aromatic carbocycles. The number of carbonyl (C=O) groups is 1. The lowest BCUT2D eigenvalue weighted by molar-refractivity contribution is 0.102. The first-order valence-corrected chi connectivity index (χ1v) is 10.5. The average molecular weight is 443 g/mol. The van der Waals surface area contributed by atoms with Crippen molar-refractivity contribution in [3.63, 3.8) is 0 Å². The summed E-state index contributed by atoms with van der Waals surface area (Å²) in [6.07, 6.45) is 0. The van der Waals surface area contributed by atoms with Crippen molar-refractivity contribution in [3.8, 4) is 11.3 Å². The Balaban J connectivity index is 1.58. The van der Waals surface area contributed by atoms with Gasteiger partial charge in [0.1, 0.15) is 0 Å². The largest absolute Gasteiger partial charge is 0.322 e. The molecule has 0 unspecified atom stereocenters. The molecule has 1 amide bonds. The molecule has 1 N–H and O–H groups in total. The molecular weight excluding hydrogens is 427 g/mol. The Kier molecular flexibility index (Phi) is 5.06. The molecule has 5 rings (SSSR count). The molecule has 31 heavy (non-hydrogen) atoms. The van der Waals surface area contributed by atoms with E-state index in [-0.39, 0.29) is 5.91 Å². The van der Waals surface area contributed by atoms with Crippen molar-refractivity contribution >= 4 is 56.5 Å². The number of nitrogens with zero attached hydrogens (tertiary/aromatic N) is 1. The van der Waals surface area contributed by atoms with Crippen LogP contribution < -0.4 is 5.32 Å². The Morgan fingerprint density at radius 3 is 2.35 bits per heavy atom. The minimum atomic E-state index is -0.199. The Labute approximate surface area is 189 Å². The molecule has 0 spiro atoms. The lowest BCUT2D eigenvalue weighted by Crippen LogP contribution is -2.13. The smallest absolute Gasteiger partial charge is 0.256 e. The number of amides is 1. The highest BCUT2D eigenvalue weighted by atomic mass is 35.5. The second kappa shape index (κ2) is 8.03. The maximum atomic E-state index is 13.3. The normalized spacial score (nSPS) is 11.0. The predicted molar refractivity (Wildman–Crippen MR) is 129 cm³/mol. The number of nitrogens with one attached hydrogen (secondary N) is 1. The van der Waals surface area contributed by atoms with Crippen LogP contribution in [0.4, 0.5) is 5.69 Å². The van der Waals surface area contributed by atoms with Gasteiger partial charge < -0.3 is 5.32 Å². The monoisotopic (exact) mass is 442 g/mol. The fourth-order valence-electron chi connectivity index (χ4n) is 3.63. The first-order chi connectivity index (χ1) is 15.1. The van der Waals surface area contributed by atoms with Crippen LogP contribution in [-0.2, 0) is 0 Å². The van der Waals surface area contributed by atoms with Gasteiger partial charge in [-0.15, -0.1) is 0 Å². The lowest BCUT2D eigenvalue weighted by atomic mass is 10.0. The topological polar surface area (TPSA) is 42.0 Å². The first-order valence-electron chi connectivity index (χ1n) is 9.74. The van der Waals surface area contributed by atoms with Crippen molar-refractivity contribution < 1.29 is 4.79 Å². The van der Waals surface area contributed by atoms with E-state index in [4.69, 9.17) is 28.2 Å². The highest BCUT2D eigenvalue weighted by Gasteiger charge is 2.15. The third-order valence-corrected chi connectivity index (χ3v) is 5.92. The summed E-state index contributed by atoms with van der Waals surface area (Å²) in [5, 5.41) is 6.91. The molecule has 0 saturated carbocycles. The van der Waals surface area contributed by atoms with E-state index in [1.54, 1.807) is 18.2 Å². The molecule has 0 atom stereocenters. The molecule has 0 saturated heterocycles. The number of hydrogen-bond acceptors (Lipinski definition) is 2. The first kappa shape index (κ1) is 19.6. The Bertz CT molecular complexity index is 1460. The number of anilines is 1. The molecule has 0 aliphatic heterocycles. The number of rotatable bonds is 3. The van der Waals surface area contributed by atoms with Crippen LogP contribution in [0.5, 0.6) is 0 Å². The van der Waals surface area contributed by atoms with Gasteiger partial charge >= 0.3 is 0 Å². The lowest BCUT2D eigenvalue weighted by Gasteiger charge is -2.12. The van der Waals surface area contributed by atoms with E-state index >= 15 is 0 Å². The van der Waals surface area contributed by atoms with Gasteiger partial charge in [-0.3, -0.25) is 4.79 Å². The molecule has 5 heteroatoms. The maximum Gasteiger partial charge on any atom is 0.256 e. The summed E-state index contributed by atoms with van der Waals surface area (Å²) in [6.45, 7) is 0. The Hall–Kier alpha value is -3.40. The van der Waals surface area contributed by atoms with Crippen LogP contribution in [0.2, 0.25) is 10.0 Å². The van der Waals surface area contributed by atoms with E-state index in [2.05, 4.69) is 5.32 Å². The molecule has 1 heterocycles. The van der Waals surface area contributed by atoms with Crippen LogP contribution in [0.15, 0.2) is 91.0 Å². The summed E-state index contributed by atoms with van der Waals surface area (Å²) in [5.41, 5.74) is 3.45. The van der Waals surface area contributed by atoms with Crippen molar-refractivity contribution in [3.05, 3.63) is 107 Å². The summed E-state index contributed by atoms with van der Waals surface area (Å²) in [7, 11) is 0. The van der Waals surface area contributed by atoms with Gasteiger partial charge in [0.2, 0.25) is 0 Å². The van der Waals surface area contributed by atoms with E-state index in [0.717, 1.165) is 32.9 Å². The van der Waals surface area contributed by atoms with Crippen molar-refractivity contribution in [1.82, 2.24) is 4.98 Å². The molecule has 0 aliphatic carbocycles. The summed E-state index contributed by atoms with van der Waals surface area (Å²) < 4.78 is 0. The Morgan fingerprint density at radius 1 is 0.742 bits per heavy atom. The molecule has 0 radical (unpaired) electrons. The van der Waals surface area contributed by atoms with Gasteiger partial charge in [-0.1, -0.05) is 77.8 Å². The SMILES string of the molecule is O=C(Nc1ccc2ccccc2c1)c1cc(-c2ccc(Cl)c(Cl)c2)nc2ccccc12. The van der Waals surface area contributed by atoms with Crippen LogP contribution in [0.1, 0.15) is 10.4 Å². The minimum absolute atomic E-state index is 0.199. The molecule has 1 aromatic heterocycles. The summed E-state index contributed by atoms with van der Waals surface area (Å²) in [4.78, 5) is 18.0. The second-order valence-electron chi connectivity index (χ2n) is 7.22. The van der Waals surface area contributed by atoms with Gasteiger partial charge in [0, 0.05) is 16.6 Å². The molecular formula is C26H16Cl2N2O. The Morgan fingerprint density at radius 2 is 1.52 bits per heavy atom. The summed E-state index contributed by atoms with van der Waals surface area (Å²) >= 11 is 12.3. The van der Waals surface area contributed by atoms with Crippen molar-refractivity contribution in [2.45, 2.75) is 0 Å². The molecule has 0 aliphatic rings. The molecule has 150 valence electrons. The number of aromatic nitrogens is 1. The third kappa shape index (κ3) is 3.86. The zero-order valence-electron chi connectivity index (χ0n) is 16.3. The van der Waals surface area contributed by atoms with E-state index < -0.39 is 0 Å². The van der Waals surface area contributed by atoms with Crippen molar-refractivity contribution in [2.75, 3.05) is 5.32 Å². The van der Waals surface area contributed by atoms with E-state index in [1.807, 2.05) is 72.8 Å². The van der Waals surface area contributed by atoms with Crippen LogP contribution in [-0.4, -0.2) is 10.9 Å². The van der Waals surface area contributed by atoms with Crippen molar-refractivity contribution in [2.24, 2.45) is 0 Å². The van der Waals surface area contributed by atoms with Crippen molar-refractivity contribution in [1.29, 1.82) is 0 Å². The molecule has 5 aromatic rings.